The van der Waals surface area contributed by atoms with Crippen molar-refractivity contribution in [2.24, 2.45) is 5.73 Å². The van der Waals surface area contributed by atoms with Crippen LogP contribution in [0.2, 0.25) is 0 Å². The maximum atomic E-state index is 5.95. The highest BCUT2D eigenvalue weighted by atomic mass is 14.7. The van der Waals surface area contributed by atoms with Crippen LogP contribution in [0.25, 0.3) is 0 Å². The third-order valence-corrected chi connectivity index (χ3v) is 2.23. The first-order valence-electron chi connectivity index (χ1n) is 4.70. The van der Waals surface area contributed by atoms with Gasteiger partial charge in [0.05, 0.1) is 0 Å². The smallest absolute Gasteiger partial charge is 0.0309 e. The van der Waals surface area contributed by atoms with Crippen molar-refractivity contribution < 1.29 is 0 Å². The maximum absolute atomic E-state index is 5.95. The van der Waals surface area contributed by atoms with Gasteiger partial charge in [0.15, 0.2) is 0 Å². The molecule has 0 fully saturated rings. The Hall–Kier alpha value is -0.760. The molecule has 0 aliphatic heterocycles. The molecule has 1 atom stereocenters. The van der Waals surface area contributed by atoms with Crippen molar-refractivity contribution in [3.05, 3.63) is 23.5 Å². The number of aryl methyl sites for hydroxylation is 1. The minimum Gasteiger partial charge on any atom is -0.367 e. The summed E-state index contributed by atoms with van der Waals surface area (Å²) in [7, 11) is 0. The van der Waals surface area contributed by atoms with Gasteiger partial charge in [-0.05, 0) is 24.0 Å². The number of hydrogen-bond donors (Lipinski definition) is 2. The highest BCUT2D eigenvalue weighted by Gasteiger charge is 2.08. The normalized spacial score (nSPS) is 13.2. The van der Waals surface area contributed by atoms with Crippen LogP contribution in [0.15, 0.2) is 12.4 Å². The number of hydrogen-bond acceptors (Lipinski definition) is 1. The Kier molecular flexibility index (Phi) is 3.35. The zero-order chi connectivity index (χ0) is 8.97. The summed E-state index contributed by atoms with van der Waals surface area (Å²) in [4.78, 5) is 3.12. The number of aromatic nitrogens is 1. The van der Waals surface area contributed by atoms with Crippen LogP contribution in [0.4, 0.5) is 0 Å². The molecular weight excluding hydrogens is 148 g/mol. The second kappa shape index (κ2) is 4.31. The van der Waals surface area contributed by atoms with E-state index in [0.29, 0.717) is 0 Å². The largest absolute Gasteiger partial charge is 0.367 e. The Morgan fingerprint density at radius 3 is 2.75 bits per heavy atom. The average molecular weight is 166 g/mol. The third-order valence-electron chi connectivity index (χ3n) is 2.23. The maximum Gasteiger partial charge on any atom is 0.0309 e. The zero-order valence-corrected chi connectivity index (χ0v) is 7.93. The number of nitrogens with one attached hydrogen (secondary N) is 1. The molecule has 0 radical (unpaired) electrons. The van der Waals surface area contributed by atoms with Gasteiger partial charge in [0.25, 0.3) is 0 Å². The van der Waals surface area contributed by atoms with E-state index in [0.717, 1.165) is 12.8 Å². The van der Waals surface area contributed by atoms with Crippen LogP contribution < -0.4 is 5.73 Å². The van der Waals surface area contributed by atoms with Gasteiger partial charge in [-0.1, -0.05) is 20.3 Å². The summed E-state index contributed by atoms with van der Waals surface area (Å²) in [6.07, 6.45) is 7.41. The zero-order valence-electron chi connectivity index (χ0n) is 7.93. The lowest BCUT2D eigenvalue weighted by molar-refractivity contribution is 0.689. The topological polar surface area (TPSA) is 41.8 Å². The van der Waals surface area contributed by atoms with Gasteiger partial charge < -0.3 is 10.7 Å². The Bertz CT molecular complexity index is 227. The average Bonchev–Trinajstić information content (AvgIpc) is 2.52. The molecule has 2 nitrogen and oxygen atoms in total. The SMILES string of the molecule is CCCc1c[nH]cc1[C@H](N)CC. The number of aromatic amines is 1. The molecule has 0 saturated heterocycles. The van der Waals surface area contributed by atoms with Crippen LogP contribution in [0.1, 0.15) is 43.9 Å². The number of rotatable bonds is 4. The monoisotopic (exact) mass is 166 g/mol. The van der Waals surface area contributed by atoms with Gasteiger partial charge in [0.1, 0.15) is 0 Å². The molecule has 0 aliphatic carbocycles. The van der Waals surface area contributed by atoms with Gasteiger partial charge >= 0.3 is 0 Å². The van der Waals surface area contributed by atoms with Crippen LogP contribution in [0.5, 0.6) is 0 Å². The molecule has 0 aliphatic rings. The van der Waals surface area contributed by atoms with Gasteiger partial charge in [-0.3, -0.25) is 0 Å². The summed E-state index contributed by atoms with van der Waals surface area (Å²) in [5.41, 5.74) is 8.62. The molecular formula is C10H18N2. The standard InChI is InChI=1S/C10H18N2/c1-3-5-8-6-12-7-9(8)10(11)4-2/h6-7,10,12H,3-5,11H2,1-2H3/t10-/m1/s1. The molecule has 2 heteroatoms. The fourth-order valence-corrected chi connectivity index (χ4v) is 1.46. The molecule has 12 heavy (non-hydrogen) atoms. The third kappa shape index (κ3) is 1.89. The van der Waals surface area contributed by atoms with Gasteiger partial charge in [-0.25, -0.2) is 0 Å². The number of H-pyrrole nitrogens is 1. The molecule has 68 valence electrons. The molecule has 1 aromatic rings. The van der Waals surface area contributed by atoms with E-state index < -0.39 is 0 Å². The van der Waals surface area contributed by atoms with Crippen molar-refractivity contribution in [2.45, 2.75) is 39.2 Å². The molecule has 1 aromatic heterocycles. The van der Waals surface area contributed by atoms with Crippen molar-refractivity contribution in [1.82, 2.24) is 4.98 Å². The molecule has 0 aromatic carbocycles. The minimum absolute atomic E-state index is 0.206. The van der Waals surface area contributed by atoms with Gasteiger partial charge in [-0.15, -0.1) is 0 Å². The van der Waals surface area contributed by atoms with Crippen LogP contribution in [-0.4, -0.2) is 4.98 Å². The lowest BCUT2D eigenvalue weighted by Crippen LogP contribution is -2.09. The summed E-state index contributed by atoms with van der Waals surface area (Å²) < 4.78 is 0. The molecule has 0 saturated carbocycles. The van der Waals surface area contributed by atoms with E-state index in [1.54, 1.807) is 0 Å². The van der Waals surface area contributed by atoms with Crippen LogP contribution >= 0.6 is 0 Å². The fourth-order valence-electron chi connectivity index (χ4n) is 1.46. The highest BCUT2D eigenvalue weighted by Crippen LogP contribution is 2.19. The molecule has 0 spiro atoms. The number of nitrogens with two attached hydrogens (primary N) is 1. The molecule has 0 unspecified atom stereocenters. The predicted molar refractivity (Wildman–Crippen MR) is 52.0 cm³/mol. The highest BCUT2D eigenvalue weighted by molar-refractivity contribution is 5.26. The van der Waals surface area contributed by atoms with Gasteiger partial charge in [0, 0.05) is 18.4 Å². The van der Waals surface area contributed by atoms with Crippen LogP contribution in [-0.2, 0) is 6.42 Å². The molecule has 0 bridgehead atoms. The van der Waals surface area contributed by atoms with Crippen molar-refractivity contribution in [2.75, 3.05) is 0 Å². The van der Waals surface area contributed by atoms with E-state index in [-0.39, 0.29) is 6.04 Å². The van der Waals surface area contributed by atoms with Gasteiger partial charge in [-0.2, -0.15) is 0 Å². The van der Waals surface area contributed by atoms with Gasteiger partial charge in [0.2, 0.25) is 0 Å². The summed E-state index contributed by atoms with van der Waals surface area (Å²) >= 11 is 0. The van der Waals surface area contributed by atoms with Crippen molar-refractivity contribution in [3.8, 4) is 0 Å². The van der Waals surface area contributed by atoms with E-state index in [1.165, 1.54) is 17.5 Å². The minimum atomic E-state index is 0.206. The van der Waals surface area contributed by atoms with Crippen molar-refractivity contribution in [1.29, 1.82) is 0 Å². The van der Waals surface area contributed by atoms with Crippen LogP contribution in [0.3, 0.4) is 0 Å². The lowest BCUT2D eigenvalue weighted by atomic mass is 10.0. The summed E-state index contributed by atoms with van der Waals surface area (Å²) in [6.45, 7) is 4.31. The molecule has 1 heterocycles. The van der Waals surface area contributed by atoms with Crippen molar-refractivity contribution >= 4 is 0 Å². The second-order valence-corrected chi connectivity index (χ2v) is 3.20. The van der Waals surface area contributed by atoms with Crippen LogP contribution in [0, 0.1) is 0 Å². The fraction of sp³-hybridized carbons (Fsp3) is 0.600. The van der Waals surface area contributed by atoms with Crippen molar-refractivity contribution in [3.63, 3.8) is 0 Å². The van der Waals surface area contributed by atoms with E-state index >= 15 is 0 Å². The second-order valence-electron chi connectivity index (χ2n) is 3.20. The first-order valence-corrected chi connectivity index (χ1v) is 4.70. The van der Waals surface area contributed by atoms with E-state index in [9.17, 15) is 0 Å². The first kappa shape index (κ1) is 9.33. The summed E-state index contributed by atoms with van der Waals surface area (Å²) in [6, 6.07) is 0.206. The Balaban J connectivity index is 2.76. The predicted octanol–water partition coefficient (Wildman–Crippen LogP) is 2.38. The Morgan fingerprint density at radius 1 is 1.42 bits per heavy atom. The molecule has 3 N–H and O–H groups in total. The summed E-state index contributed by atoms with van der Waals surface area (Å²) in [5, 5.41) is 0. The Morgan fingerprint density at radius 2 is 2.17 bits per heavy atom. The quantitative estimate of drug-likeness (QED) is 0.708. The molecule has 0 amide bonds. The Labute approximate surface area is 74.2 Å². The van der Waals surface area contributed by atoms with E-state index in [2.05, 4.69) is 25.0 Å². The summed E-state index contributed by atoms with van der Waals surface area (Å²) in [5.74, 6) is 0. The lowest BCUT2D eigenvalue weighted by Gasteiger charge is -2.08. The first-order chi connectivity index (χ1) is 5.79. The van der Waals surface area contributed by atoms with E-state index in [4.69, 9.17) is 5.73 Å². The van der Waals surface area contributed by atoms with E-state index in [1.807, 2.05) is 6.20 Å². The molecule has 1 rings (SSSR count).